The maximum atomic E-state index is 13.3. The smallest absolute Gasteiger partial charge is 0.174 e. The molecule has 0 N–H and O–H groups in total. The maximum absolute atomic E-state index is 13.3. The van der Waals surface area contributed by atoms with E-state index in [1.807, 2.05) is 130 Å². The molecular weight excluding hydrogens is 811 g/mol. The second kappa shape index (κ2) is 18.5. The molecule has 4 aromatic heterocycles. The summed E-state index contributed by atoms with van der Waals surface area (Å²) >= 11 is 0. The zero-order valence-corrected chi connectivity index (χ0v) is 36.1. The molecule has 324 valence electrons. The Morgan fingerprint density at radius 3 is 1.36 bits per heavy atom. The molecule has 6 heterocycles. The Bertz CT molecular complexity index is 2740. The molecule has 8 aromatic rings. The van der Waals surface area contributed by atoms with Gasteiger partial charge >= 0.3 is 0 Å². The first-order chi connectivity index (χ1) is 31.2. The van der Waals surface area contributed by atoms with E-state index in [2.05, 4.69) is 20.2 Å². The van der Waals surface area contributed by atoms with Gasteiger partial charge in [0.2, 0.25) is 0 Å². The molecule has 2 atom stereocenters. The average Bonchev–Trinajstić information content (AvgIpc) is 4.15. The van der Waals surface area contributed by atoms with Crippen LogP contribution in [0.3, 0.4) is 0 Å². The third-order valence-corrected chi connectivity index (χ3v) is 11.6. The summed E-state index contributed by atoms with van der Waals surface area (Å²) in [5.41, 5.74) is 7.90. The van der Waals surface area contributed by atoms with E-state index in [9.17, 15) is 8.78 Å². The number of aryl methyl sites for hydroxylation is 4. The summed E-state index contributed by atoms with van der Waals surface area (Å²) in [5.74, 6) is 4.56. The molecule has 0 amide bonds. The molecule has 0 saturated carbocycles. The molecule has 4 aromatic carbocycles. The van der Waals surface area contributed by atoms with Crippen molar-refractivity contribution in [2.75, 3.05) is 14.2 Å². The molecule has 0 spiro atoms. The van der Waals surface area contributed by atoms with Crippen molar-refractivity contribution >= 4 is 24.3 Å². The minimum Gasteiger partial charge on any atom is -0.495 e. The van der Waals surface area contributed by atoms with Crippen molar-refractivity contribution in [1.29, 1.82) is 0 Å². The number of hydrogen-bond donors (Lipinski definition) is 0. The van der Waals surface area contributed by atoms with Crippen molar-refractivity contribution in [3.05, 3.63) is 179 Å². The summed E-state index contributed by atoms with van der Waals surface area (Å²) in [6.07, 6.45) is 19.3. The van der Waals surface area contributed by atoms with Crippen LogP contribution in [0.4, 0.5) is 8.78 Å². The van der Waals surface area contributed by atoms with E-state index in [0.29, 0.717) is 11.6 Å². The number of ether oxygens (including phenoxy) is 2. The van der Waals surface area contributed by atoms with Gasteiger partial charge in [-0.2, -0.15) is 10.2 Å². The first-order valence-electron chi connectivity index (χ1n) is 21.4. The van der Waals surface area contributed by atoms with Gasteiger partial charge in [0.25, 0.3) is 0 Å². The molecule has 10 rings (SSSR count). The van der Waals surface area contributed by atoms with Crippen LogP contribution in [-0.4, -0.2) is 62.9 Å². The number of hydrogen-bond acceptors (Lipinski definition) is 8. The van der Waals surface area contributed by atoms with Crippen LogP contribution in [0.5, 0.6) is 11.5 Å². The quantitative estimate of drug-likeness (QED) is 0.134. The zero-order chi connectivity index (χ0) is 44.2. The molecule has 0 unspecified atom stereocenters. The predicted octanol–water partition coefficient (Wildman–Crippen LogP) is 10.0. The summed E-state index contributed by atoms with van der Waals surface area (Å²) in [7, 11) is 3.33. The van der Waals surface area contributed by atoms with Crippen molar-refractivity contribution < 1.29 is 18.3 Å². The van der Waals surface area contributed by atoms with Crippen molar-refractivity contribution in [2.45, 2.75) is 64.5 Å². The zero-order valence-electron chi connectivity index (χ0n) is 36.1. The van der Waals surface area contributed by atoms with E-state index < -0.39 is 0 Å². The van der Waals surface area contributed by atoms with Crippen molar-refractivity contribution in [2.24, 2.45) is 0 Å². The highest BCUT2D eigenvalue weighted by Gasteiger charge is 2.27. The minimum absolute atomic E-state index is 0.136. The van der Waals surface area contributed by atoms with E-state index in [4.69, 9.17) is 19.4 Å². The average molecular weight is 859 g/mol. The van der Waals surface area contributed by atoms with Crippen LogP contribution >= 0.6 is 0 Å². The molecule has 12 nitrogen and oxygen atoms in total. The van der Waals surface area contributed by atoms with Crippen LogP contribution in [-0.2, 0) is 13.1 Å². The highest BCUT2D eigenvalue weighted by atomic mass is 19.1. The third kappa shape index (κ3) is 9.17. The van der Waals surface area contributed by atoms with Crippen molar-refractivity contribution in [3.63, 3.8) is 0 Å². The Labute approximate surface area is 370 Å². The first kappa shape index (κ1) is 41.9. The van der Waals surface area contributed by atoms with Crippen LogP contribution in [0.1, 0.15) is 94.5 Å². The Kier molecular flexibility index (Phi) is 12.1. The van der Waals surface area contributed by atoms with E-state index in [0.717, 1.165) is 107 Å². The van der Waals surface area contributed by atoms with Crippen LogP contribution in [0, 0.1) is 25.5 Å². The molecule has 64 heavy (non-hydrogen) atoms. The van der Waals surface area contributed by atoms with Gasteiger partial charge in [0.1, 0.15) is 34.8 Å². The lowest BCUT2D eigenvalue weighted by molar-refractivity contribution is 0.412. The molecule has 2 aliphatic heterocycles. The SMILES string of the molecule is COc1cc(/C=C/c2nc3n(n2)CCC[C@@H]3c2ccc(F)cc2)ccc1-n1cnc(C)c1.COc1cc(/C=C/c2nc3n(n2)CCC[C@H]3c2ccc(F)cc2)ccc1-n1cnc(C)c1. The van der Waals surface area contributed by atoms with E-state index in [1.165, 1.54) is 24.3 Å². The number of benzene rings is 4. The standard InChI is InChI=1S/2C25H24FN5O/c2*1-17-15-30(16-27-17)22-11-5-18(14-23(22)32-2)6-12-24-28-25-21(4-3-13-31(25)29-24)19-7-9-20(26)10-8-19/h2*5-12,14-16,21H,3-4,13H2,1-2H3/b2*12-6+/t2*21-/m10/s1. The maximum Gasteiger partial charge on any atom is 0.174 e. The normalized spacial score (nSPS) is 15.8. The summed E-state index contributed by atoms with van der Waals surface area (Å²) in [6.45, 7) is 5.61. The van der Waals surface area contributed by atoms with Crippen molar-refractivity contribution in [3.8, 4) is 22.9 Å². The lowest BCUT2D eigenvalue weighted by Crippen LogP contribution is -2.17. The van der Waals surface area contributed by atoms with Gasteiger partial charge in [-0.15, -0.1) is 0 Å². The van der Waals surface area contributed by atoms with E-state index >= 15 is 0 Å². The fourth-order valence-electron chi connectivity index (χ4n) is 8.37. The molecule has 2 aliphatic rings. The fraction of sp³-hybridized carbons (Fsp3) is 0.240. The molecule has 0 bridgehead atoms. The van der Waals surface area contributed by atoms with Crippen LogP contribution in [0.15, 0.2) is 110 Å². The van der Waals surface area contributed by atoms with Gasteiger partial charge in [0.05, 0.1) is 49.6 Å². The number of fused-ring (bicyclic) bond motifs is 2. The molecule has 0 aliphatic carbocycles. The fourth-order valence-corrected chi connectivity index (χ4v) is 8.37. The van der Waals surface area contributed by atoms with Gasteiger partial charge in [-0.25, -0.2) is 38.1 Å². The molecule has 0 fully saturated rings. The molecule has 14 heteroatoms. The number of halogens is 2. The Hall–Kier alpha value is -7.48. The lowest BCUT2D eigenvalue weighted by Gasteiger charge is -2.22. The van der Waals surface area contributed by atoms with Crippen LogP contribution < -0.4 is 9.47 Å². The Morgan fingerprint density at radius 1 is 0.562 bits per heavy atom. The number of rotatable bonds is 10. The minimum atomic E-state index is -0.223. The second-order valence-electron chi connectivity index (χ2n) is 16.0. The van der Waals surface area contributed by atoms with Crippen LogP contribution in [0.2, 0.25) is 0 Å². The monoisotopic (exact) mass is 858 g/mol. The number of aromatic nitrogens is 10. The second-order valence-corrected chi connectivity index (χ2v) is 16.0. The lowest BCUT2D eigenvalue weighted by atomic mass is 9.91. The number of methoxy groups -OCH3 is 2. The topological polar surface area (TPSA) is 116 Å². The summed E-state index contributed by atoms with van der Waals surface area (Å²) in [5, 5.41) is 9.34. The molecular formula is C50H48F2N10O2. The molecule has 0 radical (unpaired) electrons. The predicted molar refractivity (Wildman–Crippen MR) is 243 cm³/mol. The van der Waals surface area contributed by atoms with E-state index in [-0.39, 0.29) is 23.5 Å². The third-order valence-electron chi connectivity index (χ3n) is 11.6. The van der Waals surface area contributed by atoms with Gasteiger partial charge in [-0.05, 0) is 122 Å². The summed E-state index contributed by atoms with van der Waals surface area (Å²) < 4.78 is 45.7. The largest absolute Gasteiger partial charge is 0.495 e. The van der Waals surface area contributed by atoms with Gasteiger partial charge in [-0.1, -0.05) is 48.6 Å². The Balaban J connectivity index is 0.000000162. The molecule has 0 saturated heterocycles. The van der Waals surface area contributed by atoms with Gasteiger partial charge < -0.3 is 18.6 Å². The highest BCUT2D eigenvalue weighted by molar-refractivity contribution is 5.70. The van der Waals surface area contributed by atoms with E-state index in [1.54, 1.807) is 26.9 Å². The highest BCUT2D eigenvalue weighted by Crippen LogP contribution is 2.34. The van der Waals surface area contributed by atoms with Crippen LogP contribution in [0.25, 0.3) is 35.7 Å². The van der Waals surface area contributed by atoms with Gasteiger partial charge in [0, 0.05) is 37.3 Å². The number of imidazole rings is 2. The first-order valence-corrected chi connectivity index (χ1v) is 21.4. The van der Waals surface area contributed by atoms with Gasteiger partial charge in [0.15, 0.2) is 11.6 Å². The van der Waals surface area contributed by atoms with Crippen molar-refractivity contribution in [1.82, 2.24) is 48.6 Å². The summed E-state index contributed by atoms with van der Waals surface area (Å²) in [6, 6.07) is 25.4. The Morgan fingerprint density at radius 2 is 0.984 bits per heavy atom. The van der Waals surface area contributed by atoms with Gasteiger partial charge in [-0.3, -0.25) is 0 Å². The number of nitrogens with zero attached hydrogens (tertiary/aromatic N) is 10. The summed E-state index contributed by atoms with van der Waals surface area (Å²) in [4.78, 5) is 18.1.